The lowest BCUT2D eigenvalue weighted by atomic mass is 10.2. The average Bonchev–Trinajstić information content (AvgIpc) is 2.65. The lowest BCUT2D eigenvalue weighted by Crippen LogP contribution is -2.39. The van der Waals surface area contributed by atoms with Crippen LogP contribution in [0.4, 0.5) is 4.79 Å². The van der Waals surface area contributed by atoms with E-state index in [1.807, 2.05) is 61.5 Å². The molecule has 0 aliphatic heterocycles. The average molecular weight is 366 g/mol. The molecule has 3 rings (SSSR count). The van der Waals surface area contributed by atoms with Gasteiger partial charge in [0.25, 0.3) is 0 Å². The van der Waals surface area contributed by atoms with E-state index in [1.54, 1.807) is 0 Å². The first-order valence-electron chi connectivity index (χ1n) is 8.09. The number of carbonyl (C=O) groups excluding carboxylic acids is 2. The maximum Gasteiger partial charge on any atom is 0.321 e. The van der Waals surface area contributed by atoms with E-state index in [9.17, 15) is 9.59 Å². The van der Waals surface area contributed by atoms with Gasteiger partial charge in [0.1, 0.15) is 10.9 Å². The maximum absolute atomic E-state index is 12.0. The van der Waals surface area contributed by atoms with Gasteiger partial charge in [-0.05, 0) is 18.6 Å². The zero-order valence-electron chi connectivity index (χ0n) is 14.2. The van der Waals surface area contributed by atoms with Gasteiger partial charge in [0, 0.05) is 11.9 Å². The molecule has 0 aliphatic carbocycles. The summed E-state index contributed by atoms with van der Waals surface area (Å²) >= 11 is 1.29. The Bertz CT molecular complexity index is 931. The molecule has 7 heteroatoms. The van der Waals surface area contributed by atoms with Crippen molar-refractivity contribution >= 4 is 34.6 Å². The number of hydrogen-bond donors (Lipinski definition) is 2. The third-order valence-electron chi connectivity index (χ3n) is 3.57. The van der Waals surface area contributed by atoms with Crippen molar-refractivity contribution in [2.45, 2.75) is 18.5 Å². The Labute approximate surface area is 155 Å². The summed E-state index contributed by atoms with van der Waals surface area (Å²) in [7, 11) is 0. The number of aryl methyl sites for hydroxylation is 1. The van der Waals surface area contributed by atoms with E-state index in [0.717, 1.165) is 21.5 Å². The Balaban J connectivity index is 1.53. The molecule has 26 heavy (non-hydrogen) atoms. The second kappa shape index (κ2) is 8.44. The minimum Gasteiger partial charge on any atom is -0.334 e. The van der Waals surface area contributed by atoms with E-state index in [-0.39, 0.29) is 11.7 Å². The zero-order valence-corrected chi connectivity index (χ0v) is 15.0. The molecule has 0 radical (unpaired) electrons. The van der Waals surface area contributed by atoms with E-state index in [4.69, 9.17) is 0 Å². The molecule has 6 nitrogen and oxygen atoms in total. The fourth-order valence-corrected chi connectivity index (χ4v) is 3.25. The number of carbonyl (C=O) groups is 2. The molecule has 2 aromatic carbocycles. The van der Waals surface area contributed by atoms with Crippen LogP contribution in [0.2, 0.25) is 0 Å². The smallest absolute Gasteiger partial charge is 0.321 e. The number of nitrogens with one attached hydrogen (secondary N) is 2. The summed E-state index contributed by atoms with van der Waals surface area (Å²) < 4.78 is 0. The monoisotopic (exact) mass is 366 g/mol. The number of aromatic nitrogens is 2. The Morgan fingerprint density at radius 3 is 2.54 bits per heavy atom. The van der Waals surface area contributed by atoms with Gasteiger partial charge in [-0.3, -0.25) is 10.1 Å². The van der Waals surface area contributed by atoms with Gasteiger partial charge in [-0.15, -0.1) is 0 Å². The quantitative estimate of drug-likeness (QED) is 0.536. The van der Waals surface area contributed by atoms with Crippen LogP contribution in [0.1, 0.15) is 11.4 Å². The van der Waals surface area contributed by atoms with Crippen LogP contribution in [0.3, 0.4) is 0 Å². The predicted octanol–water partition coefficient (Wildman–Crippen LogP) is 3.06. The number of fused-ring (bicyclic) bond motifs is 1. The standard InChI is InChI=1S/C19H18N4O2S/c1-13-21-16-10-6-5-9-15(16)18(22-13)26-12-17(24)23-19(25)20-11-14-7-3-2-4-8-14/h2-10H,11-12H2,1H3,(H2,20,23,24,25). The highest BCUT2D eigenvalue weighted by molar-refractivity contribution is 8.00. The second-order valence-corrected chi connectivity index (χ2v) is 6.56. The van der Waals surface area contributed by atoms with Gasteiger partial charge >= 0.3 is 6.03 Å². The molecule has 0 saturated carbocycles. The first-order valence-corrected chi connectivity index (χ1v) is 9.08. The number of amides is 3. The van der Waals surface area contributed by atoms with Gasteiger partial charge in [0.15, 0.2) is 0 Å². The molecule has 0 bridgehead atoms. The van der Waals surface area contributed by atoms with E-state index in [1.165, 1.54) is 11.8 Å². The molecule has 0 unspecified atom stereocenters. The summed E-state index contributed by atoms with van der Waals surface area (Å²) in [6.07, 6.45) is 0. The number of imide groups is 1. The molecule has 0 fully saturated rings. The Morgan fingerprint density at radius 2 is 1.73 bits per heavy atom. The Hall–Kier alpha value is -2.93. The van der Waals surface area contributed by atoms with Crippen LogP contribution in [0.15, 0.2) is 59.6 Å². The van der Waals surface area contributed by atoms with Crippen LogP contribution in [0, 0.1) is 6.92 Å². The molecule has 132 valence electrons. The lowest BCUT2D eigenvalue weighted by Gasteiger charge is -2.08. The molecule has 2 N–H and O–H groups in total. The first-order chi connectivity index (χ1) is 12.6. The van der Waals surface area contributed by atoms with Crippen molar-refractivity contribution in [2.24, 2.45) is 0 Å². The minimum atomic E-state index is -0.511. The normalized spacial score (nSPS) is 10.5. The maximum atomic E-state index is 12.0. The fraction of sp³-hybridized carbons (Fsp3) is 0.158. The van der Waals surface area contributed by atoms with Crippen molar-refractivity contribution < 1.29 is 9.59 Å². The number of thioether (sulfide) groups is 1. The van der Waals surface area contributed by atoms with Crippen LogP contribution >= 0.6 is 11.8 Å². The van der Waals surface area contributed by atoms with Gasteiger partial charge in [-0.2, -0.15) is 0 Å². The van der Waals surface area contributed by atoms with E-state index < -0.39 is 6.03 Å². The van der Waals surface area contributed by atoms with Crippen molar-refractivity contribution in [3.05, 3.63) is 66.0 Å². The number of nitrogens with zero attached hydrogens (tertiary/aromatic N) is 2. The predicted molar refractivity (Wildman–Crippen MR) is 102 cm³/mol. The van der Waals surface area contributed by atoms with Gasteiger partial charge < -0.3 is 5.32 Å². The van der Waals surface area contributed by atoms with Gasteiger partial charge in [-0.1, -0.05) is 60.3 Å². The summed E-state index contributed by atoms with van der Waals surface area (Å²) in [5, 5.41) is 6.61. The molecule has 1 heterocycles. The highest BCUT2D eigenvalue weighted by Crippen LogP contribution is 2.24. The van der Waals surface area contributed by atoms with Crippen LogP contribution < -0.4 is 10.6 Å². The van der Waals surface area contributed by atoms with E-state index >= 15 is 0 Å². The van der Waals surface area contributed by atoms with Crippen LogP contribution in [-0.2, 0) is 11.3 Å². The Kier molecular flexibility index (Phi) is 5.80. The molecule has 0 atom stereocenters. The summed E-state index contributed by atoms with van der Waals surface area (Å²) in [6, 6.07) is 16.6. The third-order valence-corrected chi connectivity index (χ3v) is 4.56. The number of urea groups is 1. The summed E-state index contributed by atoms with van der Waals surface area (Å²) in [4.78, 5) is 32.6. The minimum absolute atomic E-state index is 0.0964. The largest absolute Gasteiger partial charge is 0.334 e. The number of rotatable bonds is 5. The molecule has 3 aromatic rings. The number of benzene rings is 2. The summed E-state index contributed by atoms with van der Waals surface area (Å²) in [6.45, 7) is 2.18. The first kappa shape index (κ1) is 17.9. The third kappa shape index (κ3) is 4.80. The lowest BCUT2D eigenvalue weighted by molar-refractivity contribution is -0.117. The molecule has 0 spiro atoms. The summed E-state index contributed by atoms with van der Waals surface area (Å²) in [5.41, 5.74) is 1.80. The van der Waals surface area contributed by atoms with Gasteiger partial charge in [-0.25, -0.2) is 14.8 Å². The molecular formula is C19H18N4O2S. The van der Waals surface area contributed by atoms with Crippen molar-refractivity contribution in [1.82, 2.24) is 20.6 Å². The van der Waals surface area contributed by atoms with Gasteiger partial charge in [0.05, 0.1) is 11.3 Å². The molecule has 0 saturated heterocycles. The van der Waals surface area contributed by atoms with Crippen LogP contribution in [-0.4, -0.2) is 27.7 Å². The molecular weight excluding hydrogens is 348 g/mol. The van der Waals surface area contributed by atoms with E-state index in [2.05, 4.69) is 20.6 Å². The molecule has 0 aliphatic rings. The highest BCUT2D eigenvalue weighted by atomic mass is 32.2. The topological polar surface area (TPSA) is 84.0 Å². The van der Waals surface area contributed by atoms with Crippen molar-refractivity contribution in [1.29, 1.82) is 0 Å². The van der Waals surface area contributed by atoms with Crippen molar-refractivity contribution in [2.75, 3.05) is 5.75 Å². The molecule has 3 amide bonds. The Morgan fingerprint density at radius 1 is 1.00 bits per heavy atom. The molecule has 1 aromatic heterocycles. The number of hydrogen-bond acceptors (Lipinski definition) is 5. The fourth-order valence-electron chi connectivity index (χ4n) is 2.39. The van der Waals surface area contributed by atoms with Crippen LogP contribution in [0.25, 0.3) is 10.9 Å². The van der Waals surface area contributed by atoms with E-state index in [0.29, 0.717) is 12.4 Å². The van der Waals surface area contributed by atoms with Gasteiger partial charge in [0.2, 0.25) is 5.91 Å². The number of para-hydroxylation sites is 1. The van der Waals surface area contributed by atoms with Crippen molar-refractivity contribution in [3.8, 4) is 0 Å². The van der Waals surface area contributed by atoms with Crippen LogP contribution in [0.5, 0.6) is 0 Å². The second-order valence-electron chi connectivity index (χ2n) is 5.60. The highest BCUT2D eigenvalue weighted by Gasteiger charge is 2.11. The zero-order chi connectivity index (χ0) is 18.4. The summed E-state index contributed by atoms with van der Waals surface area (Å²) in [5.74, 6) is 0.368. The van der Waals surface area contributed by atoms with Crippen molar-refractivity contribution in [3.63, 3.8) is 0 Å². The SMILES string of the molecule is Cc1nc(SCC(=O)NC(=O)NCc2ccccc2)c2ccccc2n1.